The number of carboxylic acid groups (broad SMARTS) is 1. The molecule has 1 saturated heterocycles. The van der Waals surface area contributed by atoms with E-state index in [2.05, 4.69) is 25.3 Å². The molecule has 5 rings (SSSR count). The molecule has 0 unspecified atom stereocenters. The van der Waals surface area contributed by atoms with Crippen LogP contribution in [0.5, 0.6) is 6.01 Å². The number of benzene rings is 3. The van der Waals surface area contributed by atoms with E-state index in [0.29, 0.717) is 69.4 Å². The van der Waals surface area contributed by atoms with Crippen LogP contribution in [0.15, 0.2) is 71.8 Å². The molecule has 1 aromatic heterocycles. The van der Waals surface area contributed by atoms with E-state index in [1.165, 1.54) is 4.90 Å². The molecule has 13 heteroatoms. The maximum absolute atomic E-state index is 12.4. The molecule has 11 nitrogen and oxygen atoms in total. The largest absolute Gasteiger partial charge is 0.530 e. The van der Waals surface area contributed by atoms with Crippen molar-refractivity contribution in [2.24, 2.45) is 5.11 Å². The van der Waals surface area contributed by atoms with Gasteiger partial charge in [0.25, 0.3) is 0 Å². The Bertz CT molecular complexity index is 1580. The first-order chi connectivity index (χ1) is 20.3. The fourth-order valence-corrected chi connectivity index (χ4v) is 5.27. The first-order valence-electron chi connectivity index (χ1n) is 13.2. The molecule has 42 heavy (non-hydrogen) atoms. The number of carbonyl (C=O) groups is 1. The number of halogens is 2. The summed E-state index contributed by atoms with van der Waals surface area (Å²) in [4.78, 5) is 24.7. The molecule has 4 aromatic rings. The van der Waals surface area contributed by atoms with E-state index < -0.39 is 11.7 Å². The van der Waals surface area contributed by atoms with Gasteiger partial charge in [-0.05, 0) is 65.9 Å². The molecule has 216 valence electrons. The first-order valence-corrected chi connectivity index (χ1v) is 14.0. The van der Waals surface area contributed by atoms with Gasteiger partial charge in [-0.25, -0.2) is 0 Å². The lowest BCUT2D eigenvalue weighted by molar-refractivity contribution is -0.266. The van der Waals surface area contributed by atoms with Crippen LogP contribution in [-0.2, 0) is 5.60 Å². The number of piperidine rings is 1. The Morgan fingerprint density at radius 1 is 1.05 bits per heavy atom. The van der Waals surface area contributed by atoms with Gasteiger partial charge in [-0.15, -0.1) is 0 Å². The fourth-order valence-electron chi connectivity index (χ4n) is 5.02. The highest BCUT2D eigenvalue weighted by molar-refractivity contribution is 6.30. The molecule has 1 fully saturated rings. The summed E-state index contributed by atoms with van der Waals surface area (Å²) in [5, 5.41) is 32.4. The van der Waals surface area contributed by atoms with Crippen LogP contribution in [-0.4, -0.2) is 58.4 Å². The number of nitrogens with one attached hydrogen (secondary N) is 2. The van der Waals surface area contributed by atoms with Gasteiger partial charge in [-0.1, -0.05) is 53.5 Å². The molecule has 2 heterocycles. The smallest absolute Gasteiger partial charge is 0.319 e. The average molecular weight is 608 g/mol. The minimum Gasteiger partial charge on any atom is -0.530 e. The summed E-state index contributed by atoms with van der Waals surface area (Å²) in [6, 6.07) is 19.4. The molecule has 3 N–H and O–H groups in total. The Morgan fingerprint density at radius 2 is 1.64 bits per heavy atom. The van der Waals surface area contributed by atoms with Crippen molar-refractivity contribution in [2.75, 3.05) is 31.6 Å². The summed E-state index contributed by atoms with van der Waals surface area (Å²) in [6.07, 6.45) is -0.0768. The molecule has 0 spiro atoms. The molecular formula is C29H27Cl2N7O4. The minimum absolute atomic E-state index is 0.0706. The zero-order chi connectivity index (χ0) is 29.7. The van der Waals surface area contributed by atoms with Gasteiger partial charge in [0.15, 0.2) is 6.54 Å². The topological polar surface area (TPSA) is 161 Å². The molecular weight excluding hydrogens is 581 g/mol. The highest BCUT2D eigenvalue weighted by Crippen LogP contribution is 2.39. The maximum atomic E-state index is 12.4. The average Bonchev–Trinajstić information content (AvgIpc) is 3.00. The Hall–Kier alpha value is -4.28. The van der Waals surface area contributed by atoms with Crippen molar-refractivity contribution in [2.45, 2.75) is 24.5 Å². The summed E-state index contributed by atoms with van der Waals surface area (Å²) in [5.74, 6) is 0.473. The molecule has 0 aliphatic carbocycles. The van der Waals surface area contributed by atoms with Crippen molar-refractivity contribution < 1.29 is 19.7 Å². The molecule has 0 saturated carbocycles. The van der Waals surface area contributed by atoms with Crippen molar-refractivity contribution >= 4 is 46.0 Å². The van der Waals surface area contributed by atoms with Crippen LogP contribution in [0.2, 0.25) is 10.0 Å². The SMILES string of the molecule is N=[N+]=NCCOc1nc(NC2CCN(C(=O)[O-])CC2)c2cc(C(O)(c3ccc(Cl)cc3)c3ccc(Cl)cc3)ccc2n1. The van der Waals surface area contributed by atoms with Gasteiger partial charge in [0, 0.05) is 34.6 Å². The maximum Gasteiger partial charge on any atom is 0.319 e. The van der Waals surface area contributed by atoms with Crippen molar-refractivity contribution in [1.82, 2.24) is 19.8 Å². The van der Waals surface area contributed by atoms with Crippen molar-refractivity contribution in [3.8, 4) is 6.01 Å². The number of aromatic nitrogens is 2. The Labute approximate surface area is 251 Å². The van der Waals surface area contributed by atoms with Crippen LogP contribution in [0.25, 0.3) is 10.9 Å². The fraction of sp³-hybridized carbons (Fsp3) is 0.276. The predicted molar refractivity (Wildman–Crippen MR) is 156 cm³/mol. The van der Waals surface area contributed by atoms with E-state index in [-0.39, 0.29) is 25.2 Å². The van der Waals surface area contributed by atoms with Gasteiger partial charge in [-0.3, -0.25) is 0 Å². The van der Waals surface area contributed by atoms with Crippen LogP contribution in [0.1, 0.15) is 29.5 Å². The number of anilines is 1. The monoisotopic (exact) mass is 607 g/mol. The second kappa shape index (κ2) is 12.7. The van der Waals surface area contributed by atoms with Gasteiger partial charge in [0.2, 0.25) is 4.91 Å². The molecule has 1 aliphatic rings. The quantitative estimate of drug-likeness (QED) is 0.110. The number of likely N-dealkylation sites (tertiary alicyclic amines) is 1. The number of carbonyl (C=O) groups excluding carboxylic acids is 1. The standard InChI is InChI=1S/C29H27Cl2N7O4/c30-21-6-1-18(2-7-21)29(41,19-3-8-22(31)9-4-19)20-5-10-25-24(17-20)26(36-27(35-25)42-16-13-33-37-32)34-23-11-14-38(15-12-23)28(39)40/h1-10,17,23,32,41H,11-16H2,(H-,34,35,36,39,40). The summed E-state index contributed by atoms with van der Waals surface area (Å²) in [5.41, 5.74) is 7.56. The second-order valence-corrected chi connectivity index (χ2v) is 10.7. The third-order valence-electron chi connectivity index (χ3n) is 7.20. The lowest BCUT2D eigenvalue weighted by atomic mass is 9.80. The van der Waals surface area contributed by atoms with E-state index in [1.54, 1.807) is 60.7 Å². The van der Waals surface area contributed by atoms with Crippen LogP contribution in [0, 0.1) is 5.53 Å². The van der Waals surface area contributed by atoms with Crippen molar-refractivity contribution in [3.05, 3.63) is 93.5 Å². The summed E-state index contributed by atoms with van der Waals surface area (Å²) < 4.78 is 5.69. The number of fused-ring (bicyclic) bond motifs is 1. The molecule has 1 amide bonds. The molecule has 3 aromatic carbocycles. The highest BCUT2D eigenvalue weighted by atomic mass is 35.5. The number of hydrogen-bond donors (Lipinski definition) is 3. The van der Waals surface area contributed by atoms with Crippen LogP contribution < -0.4 is 20.1 Å². The van der Waals surface area contributed by atoms with E-state index in [1.807, 2.05) is 6.07 Å². The Morgan fingerprint density at radius 3 is 2.21 bits per heavy atom. The third-order valence-corrected chi connectivity index (χ3v) is 7.71. The zero-order valence-corrected chi connectivity index (χ0v) is 23.8. The third kappa shape index (κ3) is 6.29. The number of ether oxygens (including phenoxy) is 1. The lowest BCUT2D eigenvalue weighted by Gasteiger charge is -2.34. The first kappa shape index (κ1) is 29.2. The number of amides is 1. The van der Waals surface area contributed by atoms with E-state index in [9.17, 15) is 15.0 Å². The highest BCUT2D eigenvalue weighted by Gasteiger charge is 2.34. The second-order valence-electron chi connectivity index (χ2n) is 9.80. The van der Waals surface area contributed by atoms with E-state index in [0.717, 1.165) is 0 Å². The minimum atomic E-state index is -1.57. The van der Waals surface area contributed by atoms with Gasteiger partial charge in [0.05, 0.1) is 5.52 Å². The zero-order valence-electron chi connectivity index (χ0n) is 22.3. The van der Waals surface area contributed by atoms with Crippen LogP contribution in [0.3, 0.4) is 0 Å². The van der Waals surface area contributed by atoms with Crippen LogP contribution >= 0.6 is 23.2 Å². The van der Waals surface area contributed by atoms with E-state index in [4.69, 9.17) is 33.5 Å². The summed E-state index contributed by atoms with van der Waals surface area (Å²) in [7, 11) is 0. The molecule has 0 atom stereocenters. The Kier molecular flexibility index (Phi) is 8.84. The lowest BCUT2D eigenvalue weighted by Crippen LogP contribution is -2.47. The van der Waals surface area contributed by atoms with Gasteiger partial charge in [-0.2, -0.15) is 9.97 Å². The summed E-state index contributed by atoms with van der Waals surface area (Å²) >= 11 is 12.3. The molecule has 0 bridgehead atoms. The number of aliphatic hydroxyl groups is 1. The molecule has 1 aliphatic heterocycles. The van der Waals surface area contributed by atoms with Gasteiger partial charge in [0.1, 0.15) is 34.8 Å². The van der Waals surface area contributed by atoms with Gasteiger partial charge < -0.3 is 30.0 Å². The normalized spacial score (nSPS) is 13.9. The number of nitrogens with zero attached hydrogens (tertiary/aromatic N) is 5. The van der Waals surface area contributed by atoms with Crippen LogP contribution in [0.4, 0.5) is 10.6 Å². The summed E-state index contributed by atoms with van der Waals surface area (Å²) in [6.45, 7) is 0.969. The predicted octanol–water partition coefficient (Wildman–Crippen LogP) is 4.37. The molecule has 0 radical (unpaired) electrons. The van der Waals surface area contributed by atoms with Gasteiger partial charge >= 0.3 is 6.01 Å². The van der Waals surface area contributed by atoms with Crippen molar-refractivity contribution in [3.63, 3.8) is 0 Å². The number of rotatable bonds is 9. The van der Waals surface area contributed by atoms with E-state index >= 15 is 0 Å². The number of hydrogen-bond acceptors (Lipinski definition) is 9. The van der Waals surface area contributed by atoms with Crippen molar-refractivity contribution in [1.29, 1.82) is 5.53 Å². The Balaban J connectivity index is 1.59.